The Hall–Kier alpha value is -4.03. The highest BCUT2D eigenvalue weighted by molar-refractivity contribution is 5.95. The lowest BCUT2D eigenvalue weighted by molar-refractivity contribution is 0.0507. The second-order valence-electron chi connectivity index (χ2n) is 9.20. The van der Waals surface area contributed by atoms with E-state index in [0.717, 1.165) is 47.5 Å². The van der Waals surface area contributed by atoms with Gasteiger partial charge < -0.3 is 14.4 Å². The Kier molecular flexibility index (Phi) is 7.87. The molecular formula is C31H29FN2O3. The van der Waals surface area contributed by atoms with Crippen LogP contribution >= 0.6 is 0 Å². The van der Waals surface area contributed by atoms with Crippen LogP contribution in [0.15, 0.2) is 97.3 Å². The van der Waals surface area contributed by atoms with Crippen molar-refractivity contribution in [1.29, 1.82) is 0 Å². The molecule has 0 saturated carbocycles. The van der Waals surface area contributed by atoms with E-state index in [0.29, 0.717) is 25.3 Å². The SMILES string of the molecule is O=C(c1cccc(-c2ccc(F)cc2)c1)N(Cc1ccc(OCc2cccnc2)cc1)C[C@@H]1CCCO1. The third kappa shape index (κ3) is 6.60. The molecule has 1 aliphatic heterocycles. The van der Waals surface area contributed by atoms with Crippen molar-refractivity contribution in [2.24, 2.45) is 0 Å². The van der Waals surface area contributed by atoms with Gasteiger partial charge in [0.2, 0.25) is 0 Å². The van der Waals surface area contributed by atoms with Gasteiger partial charge >= 0.3 is 0 Å². The Morgan fingerprint density at radius 1 is 0.973 bits per heavy atom. The molecule has 188 valence electrons. The number of rotatable bonds is 9. The number of hydrogen-bond acceptors (Lipinski definition) is 4. The lowest BCUT2D eigenvalue weighted by Gasteiger charge is -2.26. The van der Waals surface area contributed by atoms with Crippen molar-refractivity contribution >= 4 is 5.91 Å². The number of pyridine rings is 1. The van der Waals surface area contributed by atoms with Gasteiger partial charge in [-0.15, -0.1) is 0 Å². The summed E-state index contributed by atoms with van der Waals surface area (Å²) in [5.74, 6) is 0.417. The average molecular weight is 497 g/mol. The van der Waals surface area contributed by atoms with Crippen LogP contribution < -0.4 is 4.74 Å². The normalized spacial score (nSPS) is 14.9. The summed E-state index contributed by atoms with van der Waals surface area (Å²) in [4.78, 5) is 19.6. The fourth-order valence-electron chi connectivity index (χ4n) is 4.47. The smallest absolute Gasteiger partial charge is 0.254 e. The Bertz CT molecular complexity index is 1300. The molecule has 3 aromatic carbocycles. The van der Waals surface area contributed by atoms with Gasteiger partial charge in [-0.1, -0.05) is 42.5 Å². The fraction of sp³-hybridized carbons (Fsp3) is 0.226. The van der Waals surface area contributed by atoms with E-state index in [1.807, 2.05) is 65.6 Å². The zero-order chi connectivity index (χ0) is 25.5. The van der Waals surface area contributed by atoms with Crippen molar-refractivity contribution in [1.82, 2.24) is 9.88 Å². The summed E-state index contributed by atoms with van der Waals surface area (Å²) in [7, 11) is 0. The zero-order valence-corrected chi connectivity index (χ0v) is 20.6. The van der Waals surface area contributed by atoms with E-state index in [9.17, 15) is 9.18 Å². The van der Waals surface area contributed by atoms with Crippen LogP contribution in [-0.4, -0.2) is 35.0 Å². The van der Waals surface area contributed by atoms with Gasteiger partial charge in [0, 0.05) is 43.2 Å². The van der Waals surface area contributed by atoms with Gasteiger partial charge in [0.15, 0.2) is 0 Å². The number of nitrogens with zero attached hydrogens (tertiary/aromatic N) is 2. The average Bonchev–Trinajstić information content (AvgIpc) is 3.46. The van der Waals surface area contributed by atoms with Crippen molar-refractivity contribution < 1.29 is 18.7 Å². The molecule has 0 radical (unpaired) electrons. The van der Waals surface area contributed by atoms with Gasteiger partial charge in [0.25, 0.3) is 5.91 Å². The number of hydrogen-bond donors (Lipinski definition) is 0. The van der Waals surface area contributed by atoms with Crippen LogP contribution in [0.2, 0.25) is 0 Å². The van der Waals surface area contributed by atoms with Crippen molar-refractivity contribution in [3.05, 3.63) is 120 Å². The molecule has 1 amide bonds. The Balaban J connectivity index is 1.31. The van der Waals surface area contributed by atoms with E-state index in [2.05, 4.69) is 4.98 Å². The van der Waals surface area contributed by atoms with Gasteiger partial charge in [-0.3, -0.25) is 9.78 Å². The molecule has 1 saturated heterocycles. The van der Waals surface area contributed by atoms with Gasteiger partial charge in [0.05, 0.1) is 6.10 Å². The number of benzene rings is 3. The minimum Gasteiger partial charge on any atom is -0.489 e. The molecule has 1 aliphatic rings. The molecule has 0 spiro atoms. The molecular weight excluding hydrogens is 467 g/mol. The molecule has 6 heteroatoms. The molecule has 1 fully saturated rings. The highest BCUT2D eigenvalue weighted by atomic mass is 19.1. The molecule has 0 N–H and O–H groups in total. The summed E-state index contributed by atoms with van der Waals surface area (Å²) in [6.45, 7) is 2.16. The predicted molar refractivity (Wildman–Crippen MR) is 141 cm³/mol. The Morgan fingerprint density at radius 3 is 2.54 bits per heavy atom. The first-order chi connectivity index (χ1) is 18.1. The van der Waals surface area contributed by atoms with E-state index < -0.39 is 0 Å². The lowest BCUT2D eigenvalue weighted by Crippen LogP contribution is -2.37. The van der Waals surface area contributed by atoms with Gasteiger partial charge in [0.1, 0.15) is 18.2 Å². The predicted octanol–water partition coefficient (Wildman–Crippen LogP) is 6.29. The van der Waals surface area contributed by atoms with E-state index in [-0.39, 0.29) is 17.8 Å². The second kappa shape index (κ2) is 11.8. The van der Waals surface area contributed by atoms with Crippen molar-refractivity contribution in [2.45, 2.75) is 32.1 Å². The fourth-order valence-corrected chi connectivity index (χ4v) is 4.47. The first kappa shape index (κ1) is 24.7. The van der Waals surface area contributed by atoms with Gasteiger partial charge in [-0.2, -0.15) is 0 Å². The molecule has 5 nitrogen and oxygen atoms in total. The van der Waals surface area contributed by atoms with E-state index >= 15 is 0 Å². The third-order valence-electron chi connectivity index (χ3n) is 6.45. The monoisotopic (exact) mass is 496 g/mol. The summed E-state index contributed by atoms with van der Waals surface area (Å²) in [6.07, 6.45) is 5.51. The number of carbonyl (C=O) groups is 1. The Labute approximate surface area is 216 Å². The summed E-state index contributed by atoms with van der Waals surface area (Å²) < 4.78 is 25.1. The topological polar surface area (TPSA) is 51.7 Å². The van der Waals surface area contributed by atoms with Gasteiger partial charge in [-0.05, 0) is 72.0 Å². The van der Waals surface area contributed by atoms with Crippen molar-refractivity contribution in [3.63, 3.8) is 0 Å². The summed E-state index contributed by atoms with van der Waals surface area (Å²) in [5.41, 5.74) is 4.34. The van der Waals surface area contributed by atoms with Crippen molar-refractivity contribution in [2.75, 3.05) is 13.2 Å². The number of carbonyl (C=O) groups excluding carboxylic acids is 1. The van der Waals surface area contributed by atoms with E-state index in [4.69, 9.17) is 9.47 Å². The van der Waals surface area contributed by atoms with Crippen molar-refractivity contribution in [3.8, 4) is 16.9 Å². The maximum Gasteiger partial charge on any atom is 0.254 e. The van der Waals surface area contributed by atoms with Crippen LogP contribution in [0.4, 0.5) is 4.39 Å². The number of aromatic nitrogens is 1. The quantitative estimate of drug-likeness (QED) is 0.273. The molecule has 0 unspecified atom stereocenters. The van der Waals surface area contributed by atoms with E-state index in [1.165, 1.54) is 12.1 Å². The summed E-state index contributed by atoms with van der Waals surface area (Å²) in [6, 6.07) is 25.5. The third-order valence-corrected chi connectivity index (χ3v) is 6.45. The van der Waals surface area contributed by atoms with Gasteiger partial charge in [-0.25, -0.2) is 4.39 Å². The zero-order valence-electron chi connectivity index (χ0n) is 20.6. The standard InChI is InChI=1S/C31H29FN2O3/c32-28-12-10-25(11-13-28)26-5-1-6-27(18-26)31(35)34(21-30-7-3-17-36-30)20-23-8-14-29(15-9-23)37-22-24-4-2-16-33-19-24/h1-2,4-6,8-16,18-19,30H,3,7,17,20-22H2/t30-/m0/s1. The first-order valence-electron chi connectivity index (χ1n) is 12.5. The number of amides is 1. The molecule has 4 aromatic rings. The number of halogens is 1. The minimum absolute atomic E-state index is 0.0336. The molecule has 5 rings (SSSR count). The molecule has 2 heterocycles. The molecule has 37 heavy (non-hydrogen) atoms. The molecule has 1 aromatic heterocycles. The highest BCUT2D eigenvalue weighted by Crippen LogP contribution is 2.24. The van der Waals surface area contributed by atoms with Crippen LogP contribution in [0, 0.1) is 5.82 Å². The minimum atomic E-state index is -0.285. The lowest BCUT2D eigenvalue weighted by atomic mass is 10.0. The van der Waals surface area contributed by atoms with Crippen LogP contribution in [-0.2, 0) is 17.9 Å². The van der Waals surface area contributed by atoms with Crippen LogP contribution in [0.5, 0.6) is 5.75 Å². The second-order valence-corrected chi connectivity index (χ2v) is 9.20. The largest absolute Gasteiger partial charge is 0.489 e. The summed E-state index contributed by atoms with van der Waals surface area (Å²) in [5, 5.41) is 0. The van der Waals surface area contributed by atoms with Crippen LogP contribution in [0.25, 0.3) is 11.1 Å². The maximum atomic E-state index is 13.7. The number of ether oxygens (including phenoxy) is 2. The van der Waals surface area contributed by atoms with Crippen LogP contribution in [0.1, 0.15) is 34.3 Å². The van der Waals surface area contributed by atoms with Crippen LogP contribution in [0.3, 0.4) is 0 Å². The molecule has 1 atom stereocenters. The Morgan fingerprint density at radius 2 is 1.81 bits per heavy atom. The van der Waals surface area contributed by atoms with E-state index in [1.54, 1.807) is 24.5 Å². The molecule has 0 aliphatic carbocycles. The highest BCUT2D eigenvalue weighted by Gasteiger charge is 2.24. The summed E-state index contributed by atoms with van der Waals surface area (Å²) >= 11 is 0. The maximum absolute atomic E-state index is 13.7. The first-order valence-corrected chi connectivity index (χ1v) is 12.5. The molecule has 0 bridgehead atoms.